The molecule has 1 N–H and O–H groups in total. The van der Waals surface area contributed by atoms with Gasteiger partial charge in [-0.1, -0.05) is 17.8 Å². The van der Waals surface area contributed by atoms with Gasteiger partial charge in [0.1, 0.15) is 11.4 Å². The van der Waals surface area contributed by atoms with E-state index in [1.807, 2.05) is 40.7 Å². The Morgan fingerprint density at radius 2 is 2.17 bits per heavy atom. The molecule has 2 atom stereocenters. The molecule has 0 spiro atoms. The molecule has 6 nitrogen and oxygen atoms in total. The van der Waals surface area contributed by atoms with E-state index in [9.17, 15) is 4.79 Å². The van der Waals surface area contributed by atoms with E-state index in [0.29, 0.717) is 25.3 Å². The zero-order valence-electron chi connectivity index (χ0n) is 18.6. The van der Waals surface area contributed by atoms with Gasteiger partial charge in [-0.3, -0.25) is 4.99 Å². The van der Waals surface area contributed by atoms with E-state index in [1.165, 1.54) is 6.07 Å². The molecule has 0 aliphatic carbocycles. The minimum atomic E-state index is -0.755. The maximum atomic E-state index is 15.2. The summed E-state index contributed by atoms with van der Waals surface area (Å²) in [6.07, 6.45) is -0.292. The Hall–Kier alpha value is -1.80. The number of benzene rings is 1. The molecule has 2 unspecified atom stereocenters. The number of halogens is 1. The maximum Gasteiger partial charge on any atom is 0.410 e. The predicted molar refractivity (Wildman–Crippen MR) is 118 cm³/mol. The molecule has 1 aromatic rings. The zero-order valence-corrected chi connectivity index (χ0v) is 19.4. The van der Waals surface area contributed by atoms with Gasteiger partial charge >= 0.3 is 6.09 Å². The smallest absolute Gasteiger partial charge is 0.410 e. The number of thioether (sulfide) groups is 1. The molecule has 0 saturated carbocycles. The van der Waals surface area contributed by atoms with Crippen LogP contribution in [-0.2, 0) is 21.6 Å². The number of amidine groups is 1. The van der Waals surface area contributed by atoms with Gasteiger partial charge in [0.05, 0.1) is 24.8 Å². The molecule has 1 amide bonds. The number of nitrogens with one attached hydrogen (secondary N) is 1. The van der Waals surface area contributed by atoms with Crippen LogP contribution in [0.2, 0.25) is 0 Å². The van der Waals surface area contributed by atoms with Crippen LogP contribution >= 0.6 is 11.8 Å². The molecular formula is C22H32FN3O3S. The van der Waals surface area contributed by atoms with Crippen LogP contribution < -0.4 is 5.32 Å². The quantitative estimate of drug-likeness (QED) is 0.767. The van der Waals surface area contributed by atoms with Crippen molar-refractivity contribution in [2.45, 2.75) is 58.5 Å². The molecule has 30 heavy (non-hydrogen) atoms. The molecule has 166 valence electrons. The summed E-state index contributed by atoms with van der Waals surface area (Å²) in [5.41, 5.74) is 0.105. The fourth-order valence-corrected chi connectivity index (χ4v) is 5.02. The van der Waals surface area contributed by atoms with Crippen molar-refractivity contribution in [2.24, 2.45) is 10.9 Å². The van der Waals surface area contributed by atoms with Gasteiger partial charge in [0.25, 0.3) is 0 Å². The monoisotopic (exact) mass is 437 g/mol. The van der Waals surface area contributed by atoms with Crippen molar-refractivity contribution >= 4 is 23.0 Å². The number of hydrogen-bond acceptors (Lipinski definition) is 5. The lowest BCUT2D eigenvalue weighted by molar-refractivity contribution is 0.0280. The first kappa shape index (κ1) is 22.9. The van der Waals surface area contributed by atoms with E-state index in [2.05, 4.69) is 10.3 Å². The van der Waals surface area contributed by atoms with Crippen LogP contribution in [0.3, 0.4) is 0 Å². The highest BCUT2D eigenvalue weighted by molar-refractivity contribution is 8.13. The number of ether oxygens (including phenoxy) is 2. The maximum absolute atomic E-state index is 15.2. The fraction of sp³-hybridized carbons (Fsp3) is 0.636. The van der Waals surface area contributed by atoms with Gasteiger partial charge in [0, 0.05) is 30.8 Å². The Balaban J connectivity index is 1.97. The first-order valence-corrected chi connectivity index (χ1v) is 11.3. The molecule has 2 saturated heterocycles. The minimum absolute atomic E-state index is 0.0243. The van der Waals surface area contributed by atoms with E-state index in [4.69, 9.17) is 9.47 Å². The average Bonchev–Trinajstić information content (AvgIpc) is 3.05. The lowest BCUT2D eigenvalue weighted by Crippen LogP contribution is -2.55. The summed E-state index contributed by atoms with van der Waals surface area (Å²) in [5, 5.41) is 4.21. The van der Waals surface area contributed by atoms with Crippen LogP contribution in [-0.4, -0.2) is 53.8 Å². The van der Waals surface area contributed by atoms with Crippen molar-refractivity contribution in [1.82, 2.24) is 10.2 Å². The van der Waals surface area contributed by atoms with E-state index >= 15 is 4.39 Å². The van der Waals surface area contributed by atoms with Crippen LogP contribution in [0, 0.1) is 11.7 Å². The van der Waals surface area contributed by atoms with Crippen molar-refractivity contribution in [1.29, 1.82) is 0 Å². The lowest BCUT2D eigenvalue weighted by atomic mass is 9.80. The summed E-state index contributed by atoms with van der Waals surface area (Å²) in [6.45, 7) is 10.7. The van der Waals surface area contributed by atoms with Gasteiger partial charge in [-0.15, -0.1) is 0 Å². The lowest BCUT2D eigenvalue weighted by Gasteiger charge is -2.41. The van der Waals surface area contributed by atoms with Crippen molar-refractivity contribution in [3.05, 3.63) is 35.1 Å². The van der Waals surface area contributed by atoms with Crippen LogP contribution in [0.25, 0.3) is 0 Å². The first-order valence-electron chi connectivity index (χ1n) is 10.3. The Morgan fingerprint density at radius 3 is 2.80 bits per heavy atom. The summed E-state index contributed by atoms with van der Waals surface area (Å²) in [5.74, 6) is 0.468. The Bertz CT molecular complexity index is 824. The molecule has 0 radical (unpaired) electrons. The minimum Gasteiger partial charge on any atom is -0.444 e. The largest absolute Gasteiger partial charge is 0.444 e. The predicted octanol–water partition coefficient (Wildman–Crippen LogP) is 4.14. The highest BCUT2D eigenvalue weighted by atomic mass is 32.2. The van der Waals surface area contributed by atoms with Crippen molar-refractivity contribution < 1.29 is 18.7 Å². The third-order valence-corrected chi connectivity index (χ3v) is 6.41. The summed E-state index contributed by atoms with van der Waals surface area (Å²) < 4.78 is 26.5. The summed E-state index contributed by atoms with van der Waals surface area (Å²) >= 11 is 1.60. The van der Waals surface area contributed by atoms with Crippen molar-refractivity contribution in [3.8, 4) is 0 Å². The SMILES string of the molecule is CN=C1NC2(c3cc(COC(C)C)ccc3F)CN(C(=O)OC(C)(C)C)CC2CS1. The van der Waals surface area contributed by atoms with E-state index < -0.39 is 11.1 Å². The standard InChI is InChI=1S/C22H32FN3O3S/c1-14(2)28-11-15-7-8-18(23)17(9-15)22-13-26(20(27)29-21(3,4)5)10-16(22)12-30-19(24-6)25-22/h7-9,14,16H,10-13H2,1-6H3,(H,24,25). The number of likely N-dealkylation sites (tertiary alicyclic amines) is 1. The number of rotatable bonds is 4. The topological polar surface area (TPSA) is 63.2 Å². The van der Waals surface area contributed by atoms with Gasteiger partial charge in [-0.25, -0.2) is 9.18 Å². The number of carbonyl (C=O) groups is 1. The number of carbonyl (C=O) groups excluding carboxylic acids is 1. The van der Waals surface area contributed by atoms with Crippen LogP contribution in [0.5, 0.6) is 0 Å². The van der Waals surface area contributed by atoms with Gasteiger partial charge in [-0.05, 0) is 52.3 Å². The molecule has 8 heteroatoms. The Labute approximate surface area is 182 Å². The molecule has 2 heterocycles. The number of hydrogen-bond donors (Lipinski definition) is 1. The van der Waals surface area contributed by atoms with Gasteiger partial charge in [-0.2, -0.15) is 0 Å². The Morgan fingerprint density at radius 1 is 1.43 bits per heavy atom. The first-order chi connectivity index (χ1) is 14.0. The van der Waals surface area contributed by atoms with E-state index in [0.717, 1.165) is 16.5 Å². The average molecular weight is 438 g/mol. The molecule has 2 fully saturated rings. The molecule has 0 bridgehead atoms. The molecule has 2 aliphatic heterocycles. The van der Waals surface area contributed by atoms with Gasteiger partial charge in [0.15, 0.2) is 5.17 Å². The number of nitrogens with zero attached hydrogens (tertiary/aromatic N) is 2. The van der Waals surface area contributed by atoms with Gasteiger partial charge in [0.2, 0.25) is 0 Å². The molecule has 0 aromatic heterocycles. The Kier molecular flexibility index (Phi) is 6.67. The molecule has 2 aliphatic rings. The van der Waals surface area contributed by atoms with E-state index in [-0.39, 0.29) is 23.9 Å². The molecular weight excluding hydrogens is 405 g/mol. The van der Waals surface area contributed by atoms with Gasteiger partial charge < -0.3 is 19.7 Å². The third kappa shape index (κ3) is 4.91. The van der Waals surface area contributed by atoms with Crippen molar-refractivity contribution in [2.75, 3.05) is 25.9 Å². The summed E-state index contributed by atoms with van der Waals surface area (Å²) in [4.78, 5) is 18.8. The number of fused-ring (bicyclic) bond motifs is 1. The summed E-state index contributed by atoms with van der Waals surface area (Å²) in [7, 11) is 1.72. The van der Waals surface area contributed by atoms with Crippen LogP contribution in [0.4, 0.5) is 9.18 Å². The van der Waals surface area contributed by atoms with Crippen LogP contribution in [0.1, 0.15) is 45.7 Å². The zero-order chi connectivity index (χ0) is 22.1. The fourth-order valence-electron chi connectivity index (χ4n) is 3.88. The van der Waals surface area contributed by atoms with Crippen molar-refractivity contribution in [3.63, 3.8) is 0 Å². The highest BCUT2D eigenvalue weighted by Gasteiger charge is 2.53. The highest BCUT2D eigenvalue weighted by Crippen LogP contribution is 2.44. The molecule has 3 rings (SSSR count). The number of amides is 1. The summed E-state index contributed by atoms with van der Waals surface area (Å²) in [6, 6.07) is 5.10. The second-order valence-electron chi connectivity index (χ2n) is 9.17. The second kappa shape index (κ2) is 8.75. The second-order valence-corrected chi connectivity index (χ2v) is 10.2. The molecule has 1 aromatic carbocycles. The van der Waals surface area contributed by atoms with Crippen LogP contribution in [0.15, 0.2) is 23.2 Å². The van der Waals surface area contributed by atoms with E-state index in [1.54, 1.807) is 29.8 Å². The normalized spacial score (nSPS) is 25.4. The number of aliphatic imine (C=N–C) groups is 1. The third-order valence-electron chi connectivity index (χ3n) is 5.28.